The van der Waals surface area contributed by atoms with E-state index in [4.69, 9.17) is 0 Å². The fourth-order valence-electron chi connectivity index (χ4n) is 4.53. The number of rotatable bonds is 4. The maximum atomic E-state index is 13.1. The van der Waals surface area contributed by atoms with Crippen molar-refractivity contribution in [3.63, 3.8) is 0 Å². The van der Waals surface area contributed by atoms with Gasteiger partial charge in [0.1, 0.15) is 0 Å². The topological polar surface area (TPSA) is 52.7 Å². The summed E-state index contributed by atoms with van der Waals surface area (Å²) in [6.07, 6.45) is 2.53. The van der Waals surface area contributed by atoms with Crippen molar-refractivity contribution in [2.75, 3.05) is 38.1 Å². The third-order valence-corrected chi connectivity index (χ3v) is 5.86. The highest BCUT2D eigenvalue weighted by Crippen LogP contribution is 2.32. The molecule has 2 fully saturated rings. The van der Waals surface area contributed by atoms with Crippen molar-refractivity contribution in [1.82, 2.24) is 10.2 Å². The van der Waals surface area contributed by atoms with E-state index in [0.29, 0.717) is 18.9 Å². The first-order chi connectivity index (χ1) is 13.2. The smallest absolute Gasteiger partial charge is 0.228 e. The van der Waals surface area contributed by atoms with E-state index in [-0.39, 0.29) is 30.1 Å². The van der Waals surface area contributed by atoms with Crippen LogP contribution in [-0.2, 0) is 9.59 Å². The second kappa shape index (κ2) is 8.93. The Morgan fingerprint density at radius 3 is 2.75 bits per heavy atom. The molecule has 1 N–H and O–H groups in total. The van der Waals surface area contributed by atoms with Crippen LogP contribution in [0.5, 0.6) is 0 Å². The van der Waals surface area contributed by atoms with Gasteiger partial charge in [-0.15, -0.1) is 12.4 Å². The first-order valence-electron chi connectivity index (χ1n) is 9.89. The normalized spacial score (nSPS) is 22.4. The van der Waals surface area contributed by atoms with Crippen molar-refractivity contribution in [3.05, 3.63) is 42.5 Å². The molecule has 28 heavy (non-hydrogen) atoms. The first kappa shape index (κ1) is 20.6. The number of fused-ring (bicyclic) bond motifs is 1. The Morgan fingerprint density at radius 2 is 1.93 bits per heavy atom. The van der Waals surface area contributed by atoms with Gasteiger partial charge in [0, 0.05) is 31.4 Å². The number of likely N-dealkylation sites (tertiary alicyclic amines) is 1. The number of piperidine rings is 1. The lowest BCUT2D eigenvalue weighted by Crippen LogP contribution is -2.45. The second-order valence-electron chi connectivity index (χ2n) is 7.75. The molecular weight excluding hydrogens is 374 g/mol. The SMILES string of the molecule is CNCC1CCCN(C(=O)C2CC(=O)N(c3cccc4ccccc34)C2)C1.Cl. The third kappa shape index (κ3) is 4.01. The fourth-order valence-corrected chi connectivity index (χ4v) is 4.53. The minimum Gasteiger partial charge on any atom is -0.342 e. The number of anilines is 1. The Balaban J connectivity index is 0.00000225. The average Bonchev–Trinajstić information content (AvgIpc) is 3.09. The van der Waals surface area contributed by atoms with E-state index in [2.05, 4.69) is 17.4 Å². The molecule has 6 heteroatoms. The van der Waals surface area contributed by atoms with Gasteiger partial charge in [-0.2, -0.15) is 0 Å². The minimum absolute atomic E-state index is 0. The van der Waals surface area contributed by atoms with Crippen LogP contribution in [0.4, 0.5) is 5.69 Å². The molecule has 5 nitrogen and oxygen atoms in total. The van der Waals surface area contributed by atoms with Gasteiger partial charge < -0.3 is 15.1 Å². The van der Waals surface area contributed by atoms with E-state index in [9.17, 15) is 9.59 Å². The lowest BCUT2D eigenvalue weighted by molar-refractivity contribution is -0.137. The molecule has 2 heterocycles. The summed E-state index contributed by atoms with van der Waals surface area (Å²) in [5.41, 5.74) is 0.917. The van der Waals surface area contributed by atoms with E-state index in [1.165, 1.54) is 0 Å². The summed E-state index contributed by atoms with van der Waals surface area (Å²) in [4.78, 5) is 29.6. The van der Waals surface area contributed by atoms with Crippen LogP contribution < -0.4 is 10.2 Å². The van der Waals surface area contributed by atoms with Crippen LogP contribution in [0.15, 0.2) is 42.5 Å². The summed E-state index contributed by atoms with van der Waals surface area (Å²) >= 11 is 0. The molecule has 0 bridgehead atoms. The van der Waals surface area contributed by atoms with Gasteiger partial charge in [0.2, 0.25) is 11.8 Å². The molecule has 0 spiro atoms. The summed E-state index contributed by atoms with van der Waals surface area (Å²) in [5, 5.41) is 5.40. The largest absolute Gasteiger partial charge is 0.342 e. The summed E-state index contributed by atoms with van der Waals surface area (Å²) in [5.74, 6) is 0.476. The second-order valence-corrected chi connectivity index (χ2v) is 7.75. The van der Waals surface area contributed by atoms with Gasteiger partial charge in [-0.3, -0.25) is 9.59 Å². The maximum absolute atomic E-state index is 13.1. The van der Waals surface area contributed by atoms with Gasteiger partial charge in [0.05, 0.1) is 11.6 Å². The zero-order chi connectivity index (χ0) is 18.8. The van der Waals surface area contributed by atoms with Crippen molar-refractivity contribution >= 4 is 40.7 Å². The highest BCUT2D eigenvalue weighted by Gasteiger charge is 2.38. The quantitative estimate of drug-likeness (QED) is 0.856. The Kier molecular flexibility index (Phi) is 6.57. The van der Waals surface area contributed by atoms with Crippen LogP contribution in [0.2, 0.25) is 0 Å². The molecule has 2 aliphatic rings. The molecule has 2 aliphatic heterocycles. The average molecular weight is 402 g/mol. The highest BCUT2D eigenvalue weighted by atomic mass is 35.5. The van der Waals surface area contributed by atoms with Crippen molar-refractivity contribution in [2.24, 2.45) is 11.8 Å². The molecule has 0 aromatic heterocycles. The third-order valence-electron chi connectivity index (χ3n) is 5.86. The number of halogens is 1. The van der Waals surface area contributed by atoms with Crippen molar-refractivity contribution in [3.8, 4) is 0 Å². The zero-order valence-electron chi connectivity index (χ0n) is 16.3. The lowest BCUT2D eigenvalue weighted by Gasteiger charge is -2.34. The maximum Gasteiger partial charge on any atom is 0.228 e. The molecule has 2 aromatic rings. The van der Waals surface area contributed by atoms with Crippen molar-refractivity contribution < 1.29 is 9.59 Å². The van der Waals surface area contributed by atoms with Gasteiger partial charge in [0.25, 0.3) is 0 Å². The summed E-state index contributed by atoms with van der Waals surface area (Å²) in [7, 11) is 1.96. The van der Waals surface area contributed by atoms with Crippen LogP contribution in [0, 0.1) is 11.8 Å². The number of amides is 2. The molecule has 2 aromatic carbocycles. The van der Waals surface area contributed by atoms with Crippen LogP contribution in [0.3, 0.4) is 0 Å². The van der Waals surface area contributed by atoms with E-state index in [1.54, 1.807) is 4.90 Å². The number of carbonyl (C=O) groups excluding carboxylic acids is 2. The number of benzene rings is 2. The molecule has 2 atom stereocenters. The van der Waals surface area contributed by atoms with Gasteiger partial charge >= 0.3 is 0 Å². The van der Waals surface area contributed by atoms with Crippen LogP contribution in [-0.4, -0.2) is 49.9 Å². The molecule has 2 saturated heterocycles. The predicted octanol–water partition coefficient (Wildman–Crippen LogP) is 3.07. The monoisotopic (exact) mass is 401 g/mol. The molecule has 2 amide bonds. The summed E-state index contributed by atoms with van der Waals surface area (Å²) < 4.78 is 0. The number of hydrogen-bond donors (Lipinski definition) is 1. The lowest BCUT2D eigenvalue weighted by atomic mass is 9.96. The van der Waals surface area contributed by atoms with E-state index >= 15 is 0 Å². The Morgan fingerprint density at radius 1 is 1.14 bits per heavy atom. The molecule has 4 rings (SSSR count). The van der Waals surface area contributed by atoms with Gasteiger partial charge in [-0.05, 0) is 43.8 Å². The van der Waals surface area contributed by atoms with Crippen LogP contribution in [0.1, 0.15) is 19.3 Å². The standard InChI is InChI=1S/C22H27N3O2.ClH/c1-23-13-16-6-5-11-24(14-16)22(27)18-12-21(26)25(15-18)20-10-4-8-17-7-2-3-9-19(17)20;/h2-4,7-10,16,18,23H,5-6,11-15H2,1H3;1H. The summed E-state index contributed by atoms with van der Waals surface area (Å²) in [6.45, 7) is 3.05. The summed E-state index contributed by atoms with van der Waals surface area (Å²) in [6, 6.07) is 14.1. The van der Waals surface area contributed by atoms with Crippen molar-refractivity contribution in [2.45, 2.75) is 19.3 Å². The number of nitrogens with one attached hydrogen (secondary N) is 1. The molecule has 150 valence electrons. The predicted molar refractivity (Wildman–Crippen MR) is 115 cm³/mol. The van der Waals surface area contributed by atoms with Gasteiger partial charge in [0.15, 0.2) is 0 Å². The molecule has 0 saturated carbocycles. The van der Waals surface area contributed by atoms with Gasteiger partial charge in [-0.25, -0.2) is 0 Å². The number of nitrogens with zero attached hydrogens (tertiary/aromatic N) is 2. The Labute approximate surface area is 172 Å². The van der Waals surface area contributed by atoms with E-state index in [1.807, 2.05) is 42.3 Å². The minimum atomic E-state index is -0.232. The zero-order valence-corrected chi connectivity index (χ0v) is 17.1. The molecule has 2 unspecified atom stereocenters. The molecule has 0 radical (unpaired) electrons. The first-order valence-corrected chi connectivity index (χ1v) is 9.89. The number of hydrogen-bond acceptors (Lipinski definition) is 3. The fraction of sp³-hybridized carbons (Fsp3) is 0.455. The highest BCUT2D eigenvalue weighted by molar-refractivity contribution is 6.07. The van der Waals surface area contributed by atoms with Crippen LogP contribution in [0.25, 0.3) is 10.8 Å². The van der Waals surface area contributed by atoms with E-state index < -0.39 is 0 Å². The van der Waals surface area contributed by atoms with Gasteiger partial charge in [-0.1, -0.05) is 36.4 Å². The number of carbonyl (C=O) groups is 2. The van der Waals surface area contributed by atoms with Crippen LogP contribution >= 0.6 is 12.4 Å². The van der Waals surface area contributed by atoms with E-state index in [0.717, 1.165) is 48.9 Å². The Bertz CT molecular complexity index is 849. The Hall–Kier alpha value is -2.11. The van der Waals surface area contributed by atoms with Crippen molar-refractivity contribution in [1.29, 1.82) is 0 Å². The molecule has 0 aliphatic carbocycles. The molecular formula is C22H28ClN3O2.